The third kappa shape index (κ3) is 2.56. The van der Waals surface area contributed by atoms with Gasteiger partial charge in [0, 0.05) is 56.6 Å². The van der Waals surface area contributed by atoms with E-state index in [4.69, 9.17) is 9.47 Å². The van der Waals surface area contributed by atoms with Crippen molar-refractivity contribution in [3.63, 3.8) is 0 Å². The highest BCUT2D eigenvalue weighted by molar-refractivity contribution is 6.15. The number of fused-ring (bicyclic) bond motifs is 3. The molecule has 1 aliphatic heterocycles. The van der Waals surface area contributed by atoms with Crippen molar-refractivity contribution in [1.29, 1.82) is 0 Å². The number of rotatable bonds is 4. The van der Waals surface area contributed by atoms with Crippen LogP contribution in [0.5, 0.6) is 11.5 Å². The summed E-state index contributed by atoms with van der Waals surface area (Å²) in [6.07, 6.45) is 3.64. The van der Waals surface area contributed by atoms with E-state index >= 15 is 0 Å². The van der Waals surface area contributed by atoms with E-state index in [0.717, 1.165) is 21.8 Å². The molecule has 33 heavy (non-hydrogen) atoms. The van der Waals surface area contributed by atoms with E-state index in [0.29, 0.717) is 33.9 Å². The Kier molecular flexibility index (Phi) is 4.04. The summed E-state index contributed by atoms with van der Waals surface area (Å²) in [5, 5.41) is 4.62. The number of hydrogen-bond donors (Lipinski definition) is 3. The Balaban J connectivity index is 1.77. The zero-order chi connectivity index (χ0) is 22.7. The van der Waals surface area contributed by atoms with Crippen molar-refractivity contribution in [2.24, 2.45) is 0 Å². The Morgan fingerprint density at radius 1 is 0.758 bits per heavy atom. The van der Waals surface area contributed by atoms with Crippen LogP contribution in [0.3, 0.4) is 0 Å². The Hall–Kier alpha value is -4.26. The second-order valence-electron chi connectivity index (χ2n) is 8.12. The molecule has 1 amide bonds. The number of halogens is 1. The van der Waals surface area contributed by atoms with Crippen LogP contribution in [-0.4, -0.2) is 30.1 Å². The van der Waals surface area contributed by atoms with Crippen LogP contribution in [0.15, 0.2) is 67.0 Å². The molecule has 5 aromatic rings. The van der Waals surface area contributed by atoms with Gasteiger partial charge in [-0.25, -0.2) is 4.39 Å². The van der Waals surface area contributed by atoms with Crippen molar-refractivity contribution in [2.45, 2.75) is 5.41 Å². The summed E-state index contributed by atoms with van der Waals surface area (Å²) < 4.78 is 25.5. The summed E-state index contributed by atoms with van der Waals surface area (Å²) >= 11 is 0. The Labute approximate surface area is 188 Å². The molecule has 0 unspecified atom stereocenters. The number of carbonyl (C=O) groups is 1. The third-order valence-corrected chi connectivity index (χ3v) is 6.56. The highest BCUT2D eigenvalue weighted by atomic mass is 19.1. The predicted octanol–water partition coefficient (Wildman–Crippen LogP) is 5.09. The predicted molar refractivity (Wildman–Crippen MR) is 125 cm³/mol. The van der Waals surface area contributed by atoms with Gasteiger partial charge in [0.05, 0.1) is 14.2 Å². The third-order valence-electron chi connectivity index (χ3n) is 6.56. The molecule has 7 heteroatoms. The molecule has 0 atom stereocenters. The summed E-state index contributed by atoms with van der Waals surface area (Å²) in [5.74, 6) is 0.661. The van der Waals surface area contributed by atoms with Crippen molar-refractivity contribution >= 4 is 33.4 Å². The van der Waals surface area contributed by atoms with E-state index in [1.807, 2.05) is 48.8 Å². The fourth-order valence-corrected chi connectivity index (χ4v) is 5.03. The van der Waals surface area contributed by atoms with Gasteiger partial charge < -0.3 is 24.8 Å². The minimum Gasteiger partial charge on any atom is -0.497 e. The first kappa shape index (κ1) is 19.4. The summed E-state index contributed by atoms with van der Waals surface area (Å²) in [5.41, 5.74) is 2.95. The lowest BCUT2D eigenvalue weighted by Crippen LogP contribution is -2.36. The van der Waals surface area contributed by atoms with Crippen LogP contribution in [0.4, 0.5) is 10.1 Å². The van der Waals surface area contributed by atoms with Crippen molar-refractivity contribution in [3.05, 3.63) is 89.5 Å². The number of amides is 1. The van der Waals surface area contributed by atoms with Crippen molar-refractivity contribution in [1.82, 2.24) is 9.97 Å². The Morgan fingerprint density at radius 3 is 1.88 bits per heavy atom. The largest absolute Gasteiger partial charge is 0.497 e. The Morgan fingerprint density at radius 2 is 1.33 bits per heavy atom. The molecule has 1 aliphatic rings. The van der Waals surface area contributed by atoms with Crippen LogP contribution in [0, 0.1) is 5.82 Å². The number of aromatic nitrogens is 2. The number of anilines is 1. The molecule has 6 nitrogen and oxygen atoms in total. The summed E-state index contributed by atoms with van der Waals surface area (Å²) in [6, 6.07) is 15.7. The molecule has 0 radical (unpaired) electrons. The number of H-pyrrole nitrogens is 2. The average molecular weight is 441 g/mol. The second kappa shape index (κ2) is 6.87. The number of benzene rings is 3. The van der Waals surface area contributed by atoms with Crippen LogP contribution in [0.2, 0.25) is 0 Å². The average Bonchev–Trinajstić information content (AvgIpc) is 3.52. The first-order valence-electron chi connectivity index (χ1n) is 10.5. The van der Waals surface area contributed by atoms with Gasteiger partial charge in [-0.15, -0.1) is 0 Å². The maximum Gasteiger partial charge on any atom is 0.244 e. The molecular weight excluding hydrogens is 421 g/mol. The number of nitrogens with one attached hydrogen (secondary N) is 3. The SMILES string of the molecule is COc1ccc2[nH]cc(C3(c4c[nH]c5ccc(OC)cc45)C(=O)Nc4ccc(F)cc43)c2c1. The number of aromatic amines is 2. The molecule has 2 aromatic heterocycles. The number of hydrogen-bond acceptors (Lipinski definition) is 3. The maximum atomic E-state index is 14.6. The Bertz CT molecular complexity index is 1480. The first-order valence-corrected chi connectivity index (χ1v) is 10.5. The summed E-state index contributed by atoms with van der Waals surface area (Å²) in [7, 11) is 3.20. The van der Waals surface area contributed by atoms with E-state index in [1.54, 1.807) is 20.3 Å². The lowest BCUT2D eigenvalue weighted by molar-refractivity contribution is -0.118. The van der Waals surface area contributed by atoms with Crippen molar-refractivity contribution < 1.29 is 18.7 Å². The number of ether oxygens (including phenoxy) is 2. The normalized spacial score (nSPS) is 14.5. The van der Waals surface area contributed by atoms with Gasteiger partial charge in [0.25, 0.3) is 0 Å². The quantitative estimate of drug-likeness (QED) is 0.363. The zero-order valence-electron chi connectivity index (χ0n) is 18.0. The van der Waals surface area contributed by atoms with Crippen molar-refractivity contribution in [2.75, 3.05) is 19.5 Å². The topological polar surface area (TPSA) is 79.1 Å². The molecule has 0 fully saturated rings. The molecule has 6 rings (SSSR count). The number of methoxy groups -OCH3 is 2. The number of carbonyl (C=O) groups excluding carboxylic acids is 1. The van der Waals surface area contributed by atoms with Gasteiger partial charge >= 0.3 is 0 Å². The van der Waals surface area contributed by atoms with Gasteiger partial charge in [-0.1, -0.05) is 0 Å². The van der Waals surface area contributed by atoms with Gasteiger partial charge in [0.2, 0.25) is 5.91 Å². The minimum atomic E-state index is -1.30. The van der Waals surface area contributed by atoms with Gasteiger partial charge in [-0.05, 0) is 54.6 Å². The molecule has 3 aromatic carbocycles. The van der Waals surface area contributed by atoms with E-state index in [1.165, 1.54) is 12.1 Å². The molecule has 0 bridgehead atoms. The van der Waals surface area contributed by atoms with E-state index in [9.17, 15) is 9.18 Å². The molecule has 0 saturated heterocycles. The molecular formula is C26H20FN3O3. The molecule has 0 aliphatic carbocycles. The molecule has 164 valence electrons. The van der Waals surface area contributed by atoms with Crippen LogP contribution in [-0.2, 0) is 10.2 Å². The smallest absolute Gasteiger partial charge is 0.244 e. The fourth-order valence-electron chi connectivity index (χ4n) is 5.03. The minimum absolute atomic E-state index is 0.254. The van der Waals surface area contributed by atoms with Crippen LogP contribution in [0.1, 0.15) is 16.7 Å². The van der Waals surface area contributed by atoms with Crippen LogP contribution >= 0.6 is 0 Å². The molecule has 0 saturated carbocycles. The molecule has 0 spiro atoms. The van der Waals surface area contributed by atoms with E-state index < -0.39 is 11.2 Å². The lowest BCUT2D eigenvalue weighted by atomic mass is 9.70. The van der Waals surface area contributed by atoms with Gasteiger partial charge in [-0.3, -0.25) is 4.79 Å². The lowest BCUT2D eigenvalue weighted by Gasteiger charge is -2.28. The molecule has 3 N–H and O–H groups in total. The monoisotopic (exact) mass is 441 g/mol. The maximum absolute atomic E-state index is 14.6. The van der Waals surface area contributed by atoms with Crippen molar-refractivity contribution in [3.8, 4) is 11.5 Å². The highest BCUT2D eigenvalue weighted by Gasteiger charge is 2.52. The molecule has 3 heterocycles. The summed E-state index contributed by atoms with van der Waals surface area (Å²) in [6.45, 7) is 0. The summed E-state index contributed by atoms with van der Waals surface area (Å²) in [4.78, 5) is 20.5. The van der Waals surface area contributed by atoms with E-state index in [2.05, 4.69) is 15.3 Å². The second-order valence-corrected chi connectivity index (χ2v) is 8.12. The van der Waals surface area contributed by atoms with Crippen LogP contribution < -0.4 is 14.8 Å². The van der Waals surface area contributed by atoms with Gasteiger partial charge in [0.15, 0.2) is 0 Å². The standard InChI is InChI=1S/C26H20FN3O3/c1-32-15-4-7-22-17(10-15)20(12-28-22)26(19-9-14(27)3-6-24(19)30-25(26)31)21-13-29-23-8-5-16(33-2)11-18(21)23/h3-13,28-29H,1-2H3,(H,30,31). The fraction of sp³-hybridized carbons (Fsp3) is 0.115. The van der Waals surface area contributed by atoms with Gasteiger partial charge in [0.1, 0.15) is 22.7 Å². The highest BCUT2D eigenvalue weighted by Crippen LogP contribution is 2.52. The van der Waals surface area contributed by atoms with E-state index in [-0.39, 0.29) is 5.91 Å². The van der Waals surface area contributed by atoms with Gasteiger partial charge in [-0.2, -0.15) is 0 Å². The first-order chi connectivity index (χ1) is 16.1. The zero-order valence-corrected chi connectivity index (χ0v) is 18.0. The van der Waals surface area contributed by atoms with Crippen LogP contribution in [0.25, 0.3) is 21.8 Å².